The van der Waals surface area contributed by atoms with Gasteiger partial charge >= 0.3 is 6.09 Å². The van der Waals surface area contributed by atoms with Crippen LogP contribution in [0, 0.1) is 0 Å². The highest BCUT2D eigenvalue weighted by Gasteiger charge is 2.37. The summed E-state index contributed by atoms with van der Waals surface area (Å²) in [5, 5.41) is 0. The molecule has 3 heteroatoms. The summed E-state index contributed by atoms with van der Waals surface area (Å²) in [5.41, 5.74) is 3.93. The number of rotatable bonds is 5. The summed E-state index contributed by atoms with van der Waals surface area (Å²) < 4.78 is 5.60. The molecule has 0 N–H and O–H groups in total. The Morgan fingerprint density at radius 3 is 2.76 bits per heavy atom. The third-order valence-electron chi connectivity index (χ3n) is 5.15. The predicted molar refractivity (Wildman–Crippen MR) is 101 cm³/mol. The van der Waals surface area contributed by atoms with Crippen molar-refractivity contribution in [2.45, 2.75) is 71.1 Å². The molecule has 2 atom stereocenters. The van der Waals surface area contributed by atoms with E-state index >= 15 is 0 Å². The van der Waals surface area contributed by atoms with Gasteiger partial charge < -0.3 is 4.74 Å². The molecule has 0 aliphatic carbocycles. The molecule has 0 radical (unpaired) electrons. The van der Waals surface area contributed by atoms with Crippen molar-refractivity contribution in [2.75, 3.05) is 0 Å². The zero-order valence-electron chi connectivity index (χ0n) is 15.4. The number of fused-ring (bicyclic) bond motifs is 2. The van der Waals surface area contributed by atoms with E-state index in [1.165, 1.54) is 17.6 Å². The Morgan fingerprint density at radius 1 is 1.24 bits per heavy atom. The molecule has 1 aromatic carbocycles. The lowest BCUT2D eigenvalue weighted by Gasteiger charge is -2.44. The van der Waals surface area contributed by atoms with Crippen LogP contribution in [-0.2, 0) is 11.3 Å². The fraction of sp³-hybridized carbons (Fsp3) is 0.500. The van der Waals surface area contributed by atoms with E-state index in [4.69, 9.17) is 4.74 Å². The van der Waals surface area contributed by atoms with Gasteiger partial charge in [0.05, 0.1) is 6.04 Å². The second kappa shape index (κ2) is 8.37. The molecule has 2 aliphatic rings. The van der Waals surface area contributed by atoms with E-state index in [0.717, 1.165) is 37.7 Å². The van der Waals surface area contributed by atoms with Crippen molar-refractivity contribution in [2.24, 2.45) is 0 Å². The maximum absolute atomic E-state index is 12.7. The first-order valence-corrected chi connectivity index (χ1v) is 9.45. The molecule has 0 aromatic heterocycles. The van der Waals surface area contributed by atoms with Crippen molar-refractivity contribution in [1.82, 2.24) is 4.90 Å². The molecule has 3 nitrogen and oxygen atoms in total. The standard InChI is InChI=1S/C22H29NO2/c1-17(2)8-6-11-19-14-20-12-7-13-21(15-19)23(20)22(24)25-16-18-9-4-3-5-10-18/h3-5,8-10,14,20-21H,6-7,11-13,15-16H2,1-2H3. The fourth-order valence-corrected chi connectivity index (χ4v) is 3.93. The van der Waals surface area contributed by atoms with Crippen molar-refractivity contribution in [3.05, 3.63) is 59.2 Å². The van der Waals surface area contributed by atoms with Crippen molar-refractivity contribution >= 4 is 6.09 Å². The molecule has 134 valence electrons. The third-order valence-corrected chi connectivity index (χ3v) is 5.15. The van der Waals surface area contributed by atoms with Gasteiger partial charge in [-0.15, -0.1) is 0 Å². The van der Waals surface area contributed by atoms with Gasteiger partial charge in [-0.25, -0.2) is 4.79 Å². The molecule has 0 saturated carbocycles. The molecule has 1 aromatic rings. The Balaban J connectivity index is 1.61. The molecule has 0 spiro atoms. The molecule has 3 rings (SSSR count). The number of carbonyl (C=O) groups excluding carboxylic acids is 1. The minimum Gasteiger partial charge on any atom is -0.445 e. The Hall–Kier alpha value is -2.03. The van der Waals surface area contributed by atoms with E-state index in [0.29, 0.717) is 12.6 Å². The summed E-state index contributed by atoms with van der Waals surface area (Å²) in [6.45, 7) is 4.65. The molecule has 25 heavy (non-hydrogen) atoms. The molecule has 2 unspecified atom stereocenters. The van der Waals surface area contributed by atoms with Crippen LogP contribution < -0.4 is 0 Å². The van der Waals surface area contributed by atoms with E-state index in [9.17, 15) is 4.79 Å². The van der Waals surface area contributed by atoms with Gasteiger partial charge in [0.2, 0.25) is 0 Å². The Morgan fingerprint density at radius 2 is 2.04 bits per heavy atom. The largest absolute Gasteiger partial charge is 0.445 e. The van der Waals surface area contributed by atoms with Crippen LogP contribution in [0.1, 0.15) is 57.9 Å². The lowest BCUT2D eigenvalue weighted by Crippen LogP contribution is -2.51. The van der Waals surface area contributed by atoms with Gasteiger partial charge in [0.1, 0.15) is 6.61 Å². The zero-order valence-corrected chi connectivity index (χ0v) is 15.4. The number of carbonyl (C=O) groups is 1. The van der Waals surface area contributed by atoms with Crippen LogP contribution in [0.15, 0.2) is 53.6 Å². The Labute approximate surface area is 151 Å². The summed E-state index contributed by atoms with van der Waals surface area (Å²) in [4.78, 5) is 14.7. The SMILES string of the molecule is CC(C)=CCCC1=CC2CCCC(C1)N2C(=O)OCc1ccccc1. The molecule has 2 heterocycles. The first kappa shape index (κ1) is 17.8. The highest BCUT2D eigenvalue weighted by molar-refractivity contribution is 5.69. The summed E-state index contributed by atoms with van der Waals surface area (Å²) in [6, 6.07) is 10.4. The summed E-state index contributed by atoms with van der Waals surface area (Å²) in [5.74, 6) is 0. The number of hydrogen-bond acceptors (Lipinski definition) is 2. The average molecular weight is 339 g/mol. The van der Waals surface area contributed by atoms with Gasteiger partial charge in [0.25, 0.3) is 0 Å². The topological polar surface area (TPSA) is 29.5 Å². The van der Waals surface area contributed by atoms with Crippen molar-refractivity contribution in [1.29, 1.82) is 0 Å². The van der Waals surface area contributed by atoms with E-state index in [-0.39, 0.29) is 12.1 Å². The number of allylic oxidation sites excluding steroid dienone is 2. The molecule has 2 bridgehead atoms. The van der Waals surface area contributed by atoms with Gasteiger partial charge in [0.15, 0.2) is 0 Å². The maximum atomic E-state index is 12.7. The van der Waals surface area contributed by atoms with Gasteiger partial charge in [-0.05, 0) is 57.9 Å². The second-order valence-corrected chi connectivity index (χ2v) is 7.45. The molecular weight excluding hydrogens is 310 g/mol. The minimum absolute atomic E-state index is 0.154. The number of piperidine rings is 1. The monoisotopic (exact) mass is 339 g/mol. The Kier molecular flexibility index (Phi) is 5.95. The van der Waals surface area contributed by atoms with Gasteiger partial charge in [0, 0.05) is 6.04 Å². The molecule has 1 saturated heterocycles. The third kappa shape index (κ3) is 4.75. The molecule has 1 amide bonds. The van der Waals surface area contributed by atoms with Gasteiger partial charge in [-0.1, -0.05) is 53.6 Å². The molecular formula is C22H29NO2. The highest BCUT2D eigenvalue weighted by Crippen LogP contribution is 2.35. The van der Waals surface area contributed by atoms with Crippen molar-refractivity contribution in [3.8, 4) is 0 Å². The maximum Gasteiger partial charge on any atom is 0.410 e. The Bertz CT molecular complexity index is 643. The van der Waals surface area contributed by atoms with Gasteiger partial charge in [-0.3, -0.25) is 4.90 Å². The van der Waals surface area contributed by atoms with Crippen LogP contribution in [0.25, 0.3) is 0 Å². The van der Waals surface area contributed by atoms with E-state index < -0.39 is 0 Å². The zero-order chi connectivity index (χ0) is 17.6. The number of hydrogen-bond donors (Lipinski definition) is 0. The van der Waals surface area contributed by atoms with Crippen LogP contribution in [0.2, 0.25) is 0 Å². The van der Waals surface area contributed by atoms with Gasteiger partial charge in [-0.2, -0.15) is 0 Å². The number of ether oxygens (including phenoxy) is 1. The quantitative estimate of drug-likeness (QED) is 0.651. The van der Waals surface area contributed by atoms with Crippen LogP contribution in [0.3, 0.4) is 0 Å². The average Bonchev–Trinajstić information content (AvgIpc) is 2.59. The molecule has 2 aliphatic heterocycles. The lowest BCUT2D eigenvalue weighted by atomic mass is 9.84. The van der Waals surface area contributed by atoms with Crippen molar-refractivity contribution in [3.63, 3.8) is 0 Å². The van der Waals surface area contributed by atoms with Crippen LogP contribution in [-0.4, -0.2) is 23.1 Å². The number of benzene rings is 1. The summed E-state index contributed by atoms with van der Waals surface area (Å²) in [7, 11) is 0. The summed E-state index contributed by atoms with van der Waals surface area (Å²) in [6.07, 6.45) is 11.1. The number of amides is 1. The van der Waals surface area contributed by atoms with E-state index in [1.807, 2.05) is 35.2 Å². The molecule has 1 fully saturated rings. The number of nitrogens with zero attached hydrogens (tertiary/aromatic N) is 1. The van der Waals surface area contributed by atoms with Crippen LogP contribution in [0.4, 0.5) is 4.79 Å². The summed E-state index contributed by atoms with van der Waals surface area (Å²) >= 11 is 0. The van der Waals surface area contributed by atoms with E-state index in [2.05, 4.69) is 26.0 Å². The normalized spacial score (nSPS) is 22.2. The minimum atomic E-state index is -0.154. The first-order valence-electron chi connectivity index (χ1n) is 9.45. The van der Waals surface area contributed by atoms with Crippen molar-refractivity contribution < 1.29 is 9.53 Å². The smallest absolute Gasteiger partial charge is 0.410 e. The predicted octanol–water partition coefficient (Wildman–Crippen LogP) is 5.62. The second-order valence-electron chi connectivity index (χ2n) is 7.45. The van der Waals surface area contributed by atoms with Crippen LogP contribution in [0.5, 0.6) is 0 Å². The first-order chi connectivity index (χ1) is 12.1. The van der Waals surface area contributed by atoms with E-state index in [1.54, 1.807) is 0 Å². The highest BCUT2D eigenvalue weighted by atomic mass is 16.6. The fourth-order valence-electron chi connectivity index (χ4n) is 3.93. The van der Waals surface area contributed by atoms with Crippen LogP contribution >= 0.6 is 0 Å². The lowest BCUT2D eigenvalue weighted by molar-refractivity contribution is 0.0479.